The largest absolute Gasteiger partial charge is 0.492 e. The summed E-state index contributed by atoms with van der Waals surface area (Å²) in [5, 5.41) is 5.26. The van der Waals surface area contributed by atoms with Crippen LogP contribution >= 0.6 is 0 Å². The molecule has 0 radical (unpaired) electrons. The molecule has 2 aromatic carbocycles. The number of methoxy groups -OCH3 is 1. The smallest absolute Gasteiger partial charge is 0.335 e. The monoisotopic (exact) mass is 501 g/mol. The van der Waals surface area contributed by atoms with Crippen LogP contribution in [0.5, 0.6) is 5.75 Å². The predicted octanol–water partition coefficient (Wildman–Crippen LogP) is 4.63. The van der Waals surface area contributed by atoms with Gasteiger partial charge in [0.2, 0.25) is 0 Å². The zero-order chi connectivity index (χ0) is 26.0. The molecule has 1 atom stereocenters. The zero-order valence-corrected chi connectivity index (χ0v) is 21.3. The van der Waals surface area contributed by atoms with Gasteiger partial charge in [0.1, 0.15) is 30.8 Å². The molecular weight excluding hydrogens is 470 g/mol. The number of rotatable bonds is 12. The van der Waals surface area contributed by atoms with Gasteiger partial charge in [0.15, 0.2) is 6.10 Å². The molecule has 0 aliphatic carbocycles. The molecule has 2 aromatic heterocycles. The third-order valence-electron chi connectivity index (χ3n) is 5.86. The number of pyridine rings is 1. The summed E-state index contributed by atoms with van der Waals surface area (Å²) in [4.78, 5) is 21.9. The Labute approximate surface area is 216 Å². The molecule has 0 aliphatic rings. The predicted molar refractivity (Wildman–Crippen MR) is 142 cm³/mol. The quantitative estimate of drug-likeness (QED) is 0.160. The lowest BCUT2D eigenvalue weighted by molar-refractivity contribution is -0.153. The van der Waals surface area contributed by atoms with Gasteiger partial charge in [-0.3, -0.25) is 0 Å². The van der Waals surface area contributed by atoms with Crippen LogP contribution in [-0.2, 0) is 32.1 Å². The van der Waals surface area contributed by atoms with E-state index in [-0.39, 0.29) is 5.97 Å². The van der Waals surface area contributed by atoms with Crippen LogP contribution in [0.4, 0.5) is 0 Å². The van der Waals surface area contributed by atoms with Gasteiger partial charge in [0.05, 0.1) is 19.3 Å². The molecule has 8 nitrogen and oxygen atoms in total. The van der Waals surface area contributed by atoms with Crippen LogP contribution in [0.3, 0.4) is 0 Å². The van der Waals surface area contributed by atoms with Gasteiger partial charge >= 0.3 is 5.97 Å². The zero-order valence-electron chi connectivity index (χ0n) is 21.3. The van der Waals surface area contributed by atoms with Gasteiger partial charge in [0.25, 0.3) is 0 Å². The lowest BCUT2D eigenvalue weighted by Gasteiger charge is -2.15. The maximum atomic E-state index is 11.9. The molecule has 0 saturated heterocycles. The summed E-state index contributed by atoms with van der Waals surface area (Å²) in [6.07, 6.45) is 1.84. The average molecular weight is 502 g/mol. The fourth-order valence-electron chi connectivity index (χ4n) is 4.05. The SMILES string of the molecule is CCOC(Cc1ccc(OCCn2ccc3ccc(/C(=N\OC)c4ccccc4)nc32)cc1)C(=O)OC. The highest BCUT2D eigenvalue weighted by atomic mass is 16.6. The van der Waals surface area contributed by atoms with Crippen molar-refractivity contribution in [3.05, 3.63) is 95.8 Å². The highest BCUT2D eigenvalue weighted by Gasteiger charge is 2.19. The fourth-order valence-corrected chi connectivity index (χ4v) is 4.05. The number of carbonyl (C=O) groups excluding carboxylic acids is 1. The molecule has 37 heavy (non-hydrogen) atoms. The first-order chi connectivity index (χ1) is 18.1. The van der Waals surface area contributed by atoms with Crippen LogP contribution in [0, 0.1) is 0 Å². The molecule has 0 bridgehead atoms. The van der Waals surface area contributed by atoms with Crippen molar-refractivity contribution in [2.24, 2.45) is 5.16 Å². The van der Waals surface area contributed by atoms with E-state index in [0.717, 1.165) is 33.6 Å². The second-order valence-corrected chi connectivity index (χ2v) is 8.27. The maximum absolute atomic E-state index is 11.9. The molecule has 4 aromatic rings. The number of benzene rings is 2. The number of nitrogens with zero attached hydrogens (tertiary/aromatic N) is 3. The van der Waals surface area contributed by atoms with Crippen LogP contribution in [-0.4, -0.2) is 54.8 Å². The van der Waals surface area contributed by atoms with Crippen LogP contribution in [0.25, 0.3) is 11.0 Å². The minimum atomic E-state index is -0.613. The Morgan fingerprint density at radius 1 is 1.00 bits per heavy atom. The van der Waals surface area contributed by atoms with Gasteiger partial charge in [0, 0.05) is 30.2 Å². The van der Waals surface area contributed by atoms with E-state index < -0.39 is 6.10 Å². The van der Waals surface area contributed by atoms with Crippen LogP contribution in [0.1, 0.15) is 23.7 Å². The van der Waals surface area contributed by atoms with E-state index in [9.17, 15) is 4.79 Å². The molecule has 0 saturated carbocycles. The van der Waals surface area contributed by atoms with E-state index in [4.69, 9.17) is 24.0 Å². The lowest BCUT2D eigenvalue weighted by atomic mass is 10.1. The summed E-state index contributed by atoms with van der Waals surface area (Å²) < 4.78 is 18.4. The number of esters is 1. The first kappa shape index (κ1) is 25.9. The van der Waals surface area contributed by atoms with Crippen molar-refractivity contribution in [3.8, 4) is 5.75 Å². The van der Waals surface area contributed by atoms with E-state index in [1.807, 2.05) is 85.9 Å². The van der Waals surface area contributed by atoms with Gasteiger partial charge in [-0.25, -0.2) is 9.78 Å². The standard InChI is InChI=1S/C29H31N3O5/c1-4-36-26(29(33)34-2)20-21-10-13-24(14-11-21)37-19-18-32-17-16-23-12-15-25(30-28(23)32)27(31-35-3)22-8-6-5-7-9-22/h5-17,26H,4,18-20H2,1-3H3/b31-27-. The minimum Gasteiger partial charge on any atom is -0.492 e. The van der Waals surface area contributed by atoms with Gasteiger partial charge in [-0.1, -0.05) is 47.6 Å². The topological polar surface area (TPSA) is 84.2 Å². The normalized spacial score (nSPS) is 12.4. The lowest BCUT2D eigenvalue weighted by Crippen LogP contribution is -2.28. The van der Waals surface area contributed by atoms with E-state index in [0.29, 0.717) is 31.9 Å². The van der Waals surface area contributed by atoms with Crippen molar-refractivity contribution >= 4 is 22.7 Å². The maximum Gasteiger partial charge on any atom is 0.335 e. The molecule has 0 spiro atoms. The Kier molecular flexibility index (Phi) is 8.89. The summed E-state index contributed by atoms with van der Waals surface area (Å²) in [7, 11) is 2.90. The number of oxime groups is 1. The molecule has 1 unspecified atom stereocenters. The van der Waals surface area contributed by atoms with Crippen LogP contribution in [0.2, 0.25) is 0 Å². The molecule has 0 aliphatic heterocycles. The van der Waals surface area contributed by atoms with Crippen molar-refractivity contribution in [2.45, 2.75) is 26.0 Å². The number of carbonyl (C=O) groups is 1. The van der Waals surface area contributed by atoms with Gasteiger partial charge in [-0.2, -0.15) is 0 Å². The Morgan fingerprint density at radius 2 is 1.78 bits per heavy atom. The molecule has 192 valence electrons. The van der Waals surface area contributed by atoms with E-state index in [1.165, 1.54) is 14.2 Å². The van der Waals surface area contributed by atoms with Crippen LogP contribution < -0.4 is 4.74 Å². The first-order valence-corrected chi connectivity index (χ1v) is 12.2. The number of ether oxygens (including phenoxy) is 3. The molecule has 2 heterocycles. The highest BCUT2D eigenvalue weighted by Crippen LogP contribution is 2.19. The Balaban J connectivity index is 1.41. The molecule has 0 amide bonds. The fraction of sp³-hybridized carbons (Fsp3) is 0.276. The molecule has 0 N–H and O–H groups in total. The van der Waals surface area contributed by atoms with E-state index in [2.05, 4.69) is 9.72 Å². The molecular formula is C29H31N3O5. The molecule has 4 rings (SSSR count). The van der Waals surface area contributed by atoms with Crippen molar-refractivity contribution in [1.82, 2.24) is 9.55 Å². The Morgan fingerprint density at radius 3 is 2.49 bits per heavy atom. The summed E-state index contributed by atoms with van der Waals surface area (Å²) in [6, 6.07) is 23.5. The summed E-state index contributed by atoms with van der Waals surface area (Å²) >= 11 is 0. The van der Waals surface area contributed by atoms with Gasteiger partial charge in [-0.05, 0) is 42.8 Å². The number of hydrogen-bond acceptors (Lipinski definition) is 7. The van der Waals surface area contributed by atoms with Gasteiger partial charge < -0.3 is 23.6 Å². The summed E-state index contributed by atoms with van der Waals surface area (Å²) in [5.74, 6) is 0.376. The Hall–Kier alpha value is -4.17. The number of hydrogen-bond donors (Lipinski definition) is 0. The van der Waals surface area contributed by atoms with E-state index in [1.54, 1.807) is 0 Å². The number of aromatic nitrogens is 2. The summed E-state index contributed by atoms with van der Waals surface area (Å²) in [6.45, 7) is 3.39. The van der Waals surface area contributed by atoms with Gasteiger partial charge in [-0.15, -0.1) is 0 Å². The third-order valence-corrected chi connectivity index (χ3v) is 5.86. The second kappa shape index (κ2) is 12.7. The Bertz CT molecular complexity index is 1330. The van der Waals surface area contributed by atoms with E-state index >= 15 is 0 Å². The van der Waals surface area contributed by atoms with Crippen LogP contribution in [0.15, 0.2) is 84.1 Å². The average Bonchev–Trinajstić information content (AvgIpc) is 3.34. The second-order valence-electron chi connectivity index (χ2n) is 8.27. The summed E-state index contributed by atoms with van der Waals surface area (Å²) in [5.41, 5.74) is 4.15. The first-order valence-electron chi connectivity index (χ1n) is 12.2. The highest BCUT2D eigenvalue weighted by molar-refractivity contribution is 6.12. The molecule has 0 fully saturated rings. The number of fused-ring (bicyclic) bond motifs is 1. The van der Waals surface area contributed by atoms with Crippen molar-refractivity contribution < 1.29 is 23.8 Å². The minimum absolute atomic E-state index is 0.373. The molecule has 8 heteroatoms. The van der Waals surface area contributed by atoms with Crippen molar-refractivity contribution in [2.75, 3.05) is 27.4 Å². The van der Waals surface area contributed by atoms with Crippen molar-refractivity contribution in [1.29, 1.82) is 0 Å². The van der Waals surface area contributed by atoms with Crippen molar-refractivity contribution in [3.63, 3.8) is 0 Å². The third kappa shape index (κ3) is 6.54.